The van der Waals surface area contributed by atoms with Crippen molar-refractivity contribution in [3.8, 4) is 5.95 Å². The maximum Gasteiger partial charge on any atom is 0.252 e. The summed E-state index contributed by atoms with van der Waals surface area (Å²) in [5.74, 6) is 0.888. The van der Waals surface area contributed by atoms with Gasteiger partial charge in [-0.05, 0) is 25.3 Å². The smallest absolute Gasteiger partial charge is 0.216 e. The molecule has 0 saturated heterocycles. The molecule has 0 fully saturated rings. The number of halogens is 1. The van der Waals surface area contributed by atoms with Gasteiger partial charge >= 0.3 is 0 Å². The number of hydrogen-bond acceptors (Lipinski definition) is 3. The lowest BCUT2D eigenvalue weighted by atomic mass is 9.99. The van der Waals surface area contributed by atoms with Gasteiger partial charge in [0.2, 0.25) is 0 Å². The minimum atomic E-state index is 0.370. The van der Waals surface area contributed by atoms with Crippen molar-refractivity contribution in [2.45, 2.75) is 33.1 Å². The minimum Gasteiger partial charge on any atom is -0.216 e. The SMILES string of the molecule is CCC(C)c1c(C)nc(-n2cccn2)nc1Cl. The van der Waals surface area contributed by atoms with Crippen molar-refractivity contribution in [2.24, 2.45) is 0 Å². The van der Waals surface area contributed by atoms with E-state index >= 15 is 0 Å². The Hall–Kier alpha value is -1.42. The first-order valence-corrected chi connectivity index (χ1v) is 6.05. The van der Waals surface area contributed by atoms with Crippen LogP contribution < -0.4 is 0 Å². The molecule has 90 valence electrons. The predicted molar refractivity (Wildman–Crippen MR) is 67.6 cm³/mol. The van der Waals surface area contributed by atoms with E-state index in [4.69, 9.17) is 11.6 Å². The van der Waals surface area contributed by atoms with E-state index in [0.29, 0.717) is 17.0 Å². The second kappa shape index (κ2) is 4.84. The summed E-state index contributed by atoms with van der Waals surface area (Å²) in [6.07, 6.45) is 4.51. The van der Waals surface area contributed by atoms with Gasteiger partial charge in [-0.3, -0.25) is 0 Å². The van der Waals surface area contributed by atoms with E-state index in [9.17, 15) is 0 Å². The van der Waals surface area contributed by atoms with Gasteiger partial charge in [-0.2, -0.15) is 10.1 Å². The van der Waals surface area contributed by atoms with Crippen LogP contribution in [-0.4, -0.2) is 19.7 Å². The number of hydrogen-bond donors (Lipinski definition) is 0. The molecule has 0 aliphatic carbocycles. The molecule has 2 heterocycles. The van der Waals surface area contributed by atoms with Crippen LogP contribution in [0.1, 0.15) is 37.4 Å². The Morgan fingerprint density at radius 1 is 1.41 bits per heavy atom. The second-order valence-corrected chi connectivity index (χ2v) is 4.43. The third-order valence-electron chi connectivity index (χ3n) is 2.89. The van der Waals surface area contributed by atoms with Crippen LogP contribution in [0.25, 0.3) is 5.95 Å². The van der Waals surface area contributed by atoms with Gasteiger partial charge in [0.05, 0.1) is 0 Å². The highest BCUT2D eigenvalue weighted by Gasteiger charge is 2.15. The van der Waals surface area contributed by atoms with Crippen LogP contribution in [0.15, 0.2) is 18.5 Å². The van der Waals surface area contributed by atoms with E-state index in [1.54, 1.807) is 17.1 Å². The van der Waals surface area contributed by atoms with E-state index in [1.165, 1.54) is 0 Å². The Labute approximate surface area is 106 Å². The van der Waals surface area contributed by atoms with Crippen molar-refractivity contribution >= 4 is 11.6 Å². The normalized spacial score (nSPS) is 12.7. The van der Waals surface area contributed by atoms with Gasteiger partial charge in [0.1, 0.15) is 5.15 Å². The van der Waals surface area contributed by atoms with E-state index < -0.39 is 0 Å². The zero-order valence-corrected chi connectivity index (χ0v) is 10.9. The van der Waals surface area contributed by atoms with Crippen molar-refractivity contribution < 1.29 is 0 Å². The Morgan fingerprint density at radius 2 is 2.18 bits per heavy atom. The van der Waals surface area contributed by atoms with Crippen molar-refractivity contribution in [3.63, 3.8) is 0 Å². The van der Waals surface area contributed by atoms with Crippen molar-refractivity contribution in [3.05, 3.63) is 34.9 Å². The molecule has 0 aliphatic rings. The molecule has 17 heavy (non-hydrogen) atoms. The third-order valence-corrected chi connectivity index (χ3v) is 3.18. The molecule has 0 saturated carbocycles. The average molecular weight is 251 g/mol. The van der Waals surface area contributed by atoms with Gasteiger partial charge in [-0.25, -0.2) is 9.67 Å². The lowest BCUT2D eigenvalue weighted by molar-refractivity contribution is 0.706. The molecule has 4 nitrogen and oxygen atoms in total. The fraction of sp³-hybridized carbons (Fsp3) is 0.417. The van der Waals surface area contributed by atoms with Crippen LogP contribution in [0.2, 0.25) is 5.15 Å². The Kier molecular flexibility index (Phi) is 3.43. The summed E-state index contributed by atoms with van der Waals surface area (Å²) >= 11 is 6.23. The summed E-state index contributed by atoms with van der Waals surface area (Å²) in [6, 6.07) is 1.83. The van der Waals surface area contributed by atoms with Gasteiger partial charge in [-0.15, -0.1) is 0 Å². The summed E-state index contributed by atoms with van der Waals surface area (Å²) in [6.45, 7) is 6.22. The molecule has 2 aromatic heterocycles. The molecule has 0 radical (unpaired) electrons. The van der Waals surface area contributed by atoms with E-state index in [0.717, 1.165) is 17.7 Å². The quantitative estimate of drug-likeness (QED) is 0.786. The molecule has 1 unspecified atom stereocenters. The molecule has 2 aromatic rings. The fourth-order valence-corrected chi connectivity index (χ4v) is 2.18. The van der Waals surface area contributed by atoms with Crippen LogP contribution in [-0.2, 0) is 0 Å². The number of rotatable bonds is 3. The van der Waals surface area contributed by atoms with Gasteiger partial charge in [0.15, 0.2) is 0 Å². The predicted octanol–water partition coefficient (Wildman–Crippen LogP) is 3.14. The van der Waals surface area contributed by atoms with Gasteiger partial charge in [-0.1, -0.05) is 25.4 Å². The summed E-state index contributed by atoms with van der Waals surface area (Å²) < 4.78 is 1.61. The van der Waals surface area contributed by atoms with Crippen molar-refractivity contribution in [1.29, 1.82) is 0 Å². The highest BCUT2D eigenvalue weighted by Crippen LogP contribution is 2.27. The topological polar surface area (TPSA) is 43.6 Å². The first-order valence-electron chi connectivity index (χ1n) is 5.67. The maximum atomic E-state index is 6.23. The Balaban J connectivity index is 2.49. The van der Waals surface area contributed by atoms with Gasteiger partial charge < -0.3 is 0 Å². The van der Waals surface area contributed by atoms with Gasteiger partial charge in [0, 0.05) is 23.7 Å². The van der Waals surface area contributed by atoms with E-state index in [2.05, 4.69) is 28.9 Å². The number of aromatic nitrogens is 4. The van der Waals surface area contributed by atoms with Crippen LogP contribution >= 0.6 is 11.6 Å². The van der Waals surface area contributed by atoms with Gasteiger partial charge in [0.25, 0.3) is 5.95 Å². The third kappa shape index (κ3) is 2.31. The summed E-state index contributed by atoms with van der Waals surface area (Å²) in [4.78, 5) is 8.75. The fourth-order valence-electron chi connectivity index (χ4n) is 1.79. The molecule has 2 rings (SSSR count). The van der Waals surface area contributed by atoms with Crippen LogP contribution in [0.3, 0.4) is 0 Å². The molecule has 0 aromatic carbocycles. The van der Waals surface area contributed by atoms with E-state index in [-0.39, 0.29) is 0 Å². The Morgan fingerprint density at radius 3 is 2.71 bits per heavy atom. The van der Waals surface area contributed by atoms with Crippen LogP contribution in [0, 0.1) is 6.92 Å². The largest absolute Gasteiger partial charge is 0.252 e. The van der Waals surface area contributed by atoms with Crippen molar-refractivity contribution in [2.75, 3.05) is 0 Å². The summed E-state index contributed by atoms with van der Waals surface area (Å²) in [7, 11) is 0. The minimum absolute atomic E-state index is 0.370. The number of nitrogens with zero attached hydrogens (tertiary/aromatic N) is 4. The molecule has 0 amide bonds. The zero-order valence-electron chi connectivity index (χ0n) is 10.2. The lowest BCUT2D eigenvalue weighted by Crippen LogP contribution is -2.08. The molecule has 1 atom stereocenters. The summed E-state index contributed by atoms with van der Waals surface area (Å²) in [5, 5.41) is 4.62. The molecular formula is C12H15ClN4. The second-order valence-electron chi connectivity index (χ2n) is 4.07. The maximum absolute atomic E-state index is 6.23. The standard InChI is InChI=1S/C12H15ClN4/c1-4-8(2)10-9(3)15-12(16-11(10)13)17-7-5-6-14-17/h5-8H,4H2,1-3H3. The van der Waals surface area contributed by atoms with Crippen molar-refractivity contribution in [1.82, 2.24) is 19.7 Å². The molecule has 0 bridgehead atoms. The molecule has 0 aliphatic heterocycles. The molecular weight excluding hydrogens is 236 g/mol. The number of aryl methyl sites for hydroxylation is 1. The van der Waals surface area contributed by atoms with E-state index in [1.807, 2.05) is 13.0 Å². The summed E-state index contributed by atoms with van der Waals surface area (Å²) in [5.41, 5.74) is 1.95. The van der Waals surface area contributed by atoms with Crippen LogP contribution in [0.4, 0.5) is 0 Å². The monoisotopic (exact) mass is 250 g/mol. The highest BCUT2D eigenvalue weighted by atomic mass is 35.5. The van der Waals surface area contributed by atoms with Crippen LogP contribution in [0.5, 0.6) is 0 Å². The zero-order chi connectivity index (χ0) is 12.4. The first-order chi connectivity index (χ1) is 8.13. The molecule has 0 N–H and O–H groups in total. The average Bonchev–Trinajstić information content (AvgIpc) is 2.81. The first kappa shape index (κ1) is 12.0. The molecule has 5 heteroatoms. The lowest BCUT2D eigenvalue weighted by Gasteiger charge is -2.14. The molecule has 0 spiro atoms. The Bertz CT molecular complexity index is 484. The highest BCUT2D eigenvalue weighted by molar-refractivity contribution is 6.30.